The van der Waals surface area contributed by atoms with Crippen molar-refractivity contribution in [1.29, 1.82) is 0 Å². The van der Waals surface area contributed by atoms with E-state index in [9.17, 15) is 0 Å². The van der Waals surface area contributed by atoms with E-state index in [0.717, 1.165) is 0 Å². The second kappa shape index (κ2) is 12.8. The lowest BCUT2D eigenvalue weighted by atomic mass is 9.94. The lowest BCUT2D eigenvalue weighted by Crippen LogP contribution is -2.35. The van der Waals surface area contributed by atoms with E-state index >= 15 is 0 Å². The standard InChI is InChI=1S/C13H28O6/c1-13(12-19-9-6-16,10-17-7-2-4-14)11-18-8-3-5-15/h14-16H,2-12H2,1H3/i1T. The van der Waals surface area contributed by atoms with Gasteiger partial charge in [0.2, 0.25) is 0 Å². The Balaban J connectivity index is 4.20. The van der Waals surface area contributed by atoms with Crippen LogP contribution in [0, 0.1) is 5.41 Å². The van der Waals surface area contributed by atoms with Gasteiger partial charge in [-0.2, -0.15) is 0 Å². The van der Waals surface area contributed by atoms with Crippen LogP contribution in [0.2, 0.25) is 0 Å². The number of hydrogen-bond acceptors (Lipinski definition) is 6. The number of aliphatic hydroxyl groups is 3. The van der Waals surface area contributed by atoms with Crippen molar-refractivity contribution in [2.45, 2.75) is 19.7 Å². The van der Waals surface area contributed by atoms with Crippen LogP contribution in [-0.4, -0.2) is 74.8 Å². The minimum Gasteiger partial charge on any atom is -0.396 e. The summed E-state index contributed by atoms with van der Waals surface area (Å²) in [5.41, 5.74) is -0.583. The van der Waals surface area contributed by atoms with E-state index < -0.39 is 5.41 Å². The van der Waals surface area contributed by atoms with E-state index in [1.54, 1.807) is 0 Å². The molecule has 0 saturated heterocycles. The first-order chi connectivity index (χ1) is 9.74. The Labute approximate surface area is 116 Å². The summed E-state index contributed by atoms with van der Waals surface area (Å²) in [7, 11) is 0. The van der Waals surface area contributed by atoms with Gasteiger partial charge in [-0.3, -0.25) is 0 Å². The molecule has 0 aromatic rings. The fourth-order valence-electron chi connectivity index (χ4n) is 1.39. The molecule has 3 N–H and O–H groups in total. The third-order valence-corrected chi connectivity index (χ3v) is 2.35. The van der Waals surface area contributed by atoms with Gasteiger partial charge in [0.15, 0.2) is 0 Å². The van der Waals surface area contributed by atoms with Crippen molar-refractivity contribution in [2.24, 2.45) is 5.41 Å². The zero-order valence-corrected chi connectivity index (χ0v) is 11.6. The molecule has 0 aliphatic carbocycles. The number of rotatable bonds is 14. The molecule has 0 atom stereocenters. The highest BCUT2D eigenvalue weighted by atomic mass is 16.5. The van der Waals surface area contributed by atoms with Crippen molar-refractivity contribution in [3.05, 3.63) is 0 Å². The maximum Gasteiger partial charge on any atom is 0.0698 e. The zero-order chi connectivity index (χ0) is 15.1. The van der Waals surface area contributed by atoms with Crippen LogP contribution >= 0.6 is 0 Å². The predicted octanol–water partition coefficient (Wildman–Crippen LogP) is -0.200. The van der Waals surface area contributed by atoms with Gasteiger partial charge in [-0.05, 0) is 12.8 Å². The van der Waals surface area contributed by atoms with Gasteiger partial charge in [-0.1, -0.05) is 6.90 Å². The van der Waals surface area contributed by atoms with Gasteiger partial charge < -0.3 is 29.5 Å². The SMILES string of the molecule is [3H]CC(COCCO)(COCCCO)COCCCO. The minimum absolute atomic E-state index is 0.0647. The second-order valence-electron chi connectivity index (χ2n) is 4.54. The van der Waals surface area contributed by atoms with Crippen LogP contribution in [0.25, 0.3) is 0 Å². The van der Waals surface area contributed by atoms with Gasteiger partial charge >= 0.3 is 0 Å². The average Bonchev–Trinajstić information content (AvgIpc) is 2.47. The minimum atomic E-state index is -0.583. The van der Waals surface area contributed by atoms with Crippen molar-refractivity contribution < 1.29 is 30.9 Å². The lowest BCUT2D eigenvalue weighted by Gasteiger charge is -2.29. The molecule has 0 radical (unpaired) electrons. The highest BCUT2D eigenvalue weighted by molar-refractivity contribution is 4.73. The molecule has 6 nitrogen and oxygen atoms in total. The normalized spacial score (nSPS) is 12.7. The van der Waals surface area contributed by atoms with Crippen LogP contribution < -0.4 is 0 Å². The van der Waals surface area contributed by atoms with E-state index in [2.05, 4.69) is 0 Å². The molecule has 0 bridgehead atoms. The fraction of sp³-hybridized carbons (Fsp3) is 1.00. The van der Waals surface area contributed by atoms with E-state index in [1.807, 2.05) is 0 Å². The monoisotopic (exact) mass is 282 g/mol. The molecular weight excluding hydrogens is 252 g/mol. The Morgan fingerprint density at radius 1 is 0.789 bits per heavy atom. The molecule has 0 aliphatic rings. The summed E-state index contributed by atoms with van der Waals surface area (Å²) in [5.74, 6) is 0. The van der Waals surface area contributed by atoms with Crippen LogP contribution in [0.15, 0.2) is 0 Å². The summed E-state index contributed by atoms with van der Waals surface area (Å²) in [6.07, 6.45) is 1.11. The Morgan fingerprint density at radius 2 is 1.26 bits per heavy atom. The first kappa shape index (κ1) is 16.8. The molecular formula is C13H28O6. The predicted molar refractivity (Wildman–Crippen MR) is 71.1 cm³/mol. The molecule has 0 aliphatic heterocycles. The van der Waals surface area contributed by atoms with Gasteiger partial charge in [-0.15, -0.1) is 0 Å². The largest absolute Gasteiger partial charge is 0.396 e. The van der Waals surface area contributed by atoms with E-state index in [0.29, 0.717) is 39.3 Å². The molecule has 0 unspecified atom stereocenters. The number of ether oxygens (including phenoxy) is 3. The van der Waals surface area contributed by atoms with Gasteiger partial charge in [0.25, 0.3) is 0 Å². The summed E-state index contributed by atoms with van der Waals surface area (Å²) in [6, 6.07) is 0. The Bertz CT molecular complexity index is 193. The molecule has 0 saturated carbocycles. The van der Waals surface area contributed by atoms with E-state index in [-0.39, 0.29) is 39.9 Å². The molecule has 0 amide bonds. The lowest BCUT2D eigenvalue weighted by molar-refractivity contribution is -0.0662. The maximum absolute atomic E-state index is 8.74. The fourth-order valence-corrected chi connectivity index (χ4v) is 1.39. The second-order valence-corrected chi connectivity index (χ2v) is 4.54. The summed E-state index contributed by atoms with van der Waals surface area (Å²) >= 11 is 0. The zero-order valence-electron chi connectivity index (χ0n) is 12.6. The number of aliphatic hydroxyl groups excluding tert-OH is 3. The van der Waals surface area contributed by atoms with Crippen LogP contribution in [0.1, 0.15) is 21.1 Å². The molecule has 0 aromatic carbocycles. The molecule has 0 fully saturated rings. The summed E-state index contributed by atoms with van der Waals surface area (Å²) < 4.78 is 24.0. The first-order valence-corrected chi connectivity index (χ1v) is 6.59. The smallest absolute Gasteiger partial charge is 0.0698 e. The third-order valence-electron chi connectivity index (χ3n) is 2.35. The maximum atomic E-state index is 8.74. The summed E-state index contributed by atoms with van der Waals surface area (Å²) in [4.78, 5) is 0. The van der Waals surface area contributed by atoms with Crippen molar-refractivity contribution >= 4 is 0 Å². The average molecular weight is 282 g/mol. The Morgan fingerprint density at radius 3 is 1.63 bits per heavy atom. The first-order valence-electron chi connectivity index (χ1n) is 7.30. The molecule has 0 spiro atoms. The molecule has 6 heteroatoms. The summed E-state index contributed by atoms with van der Waals surface area (Å²) in [5, 5.41) is 26.2. The van der Waals surface area contributed by atoms with Crippen LogP contribution in [0.5, 0.6) is 0 Å². The van der Waals surface area contributed by atoms with Crippen molar-refractivity contribution in [3.63, 3.8) is 0 Å². The molecule has 0 heterocycles. The number of hydrogen-bond donors (Lipinski definition) is 3. The topological polar surface area (TPSA) is 88.4 Å². The highest BCUT2D eigenvalue weighted by Gasteiger charge is 2.25. The highest BCUT2D eigenvalue weighted by Crippen LogP contribution is 2.18. The van der Waals surface area contributed by atoms with Gasteiger partial charge in [0.05, 0.1) is 33.0 Å². The van der Waals surface area contributed by atoms with Crippen LogP contribution in [0.4, 0.5) is 0 Å². The van der Waals surface area contributed by atoms with Crippen molar-refractivity contribution in [3.8, 4) is 0 Å². The summed E-state index contributed by atoms with van der Waals surface area (Å²) in [6.45, 7) is 2.11. The van der Waals surface area contributed by atoms with Gasteiger partial charge in [0, 0.05) is 33.2 Å². The molecule has 0 rings (SSSR count). The molecule has 116 valence electrons. The van der Waals surface area contributed by atoms with Crippen molar-refractivity contribution in [1.82, 2.24) is 0 Å². The Hall–Kier alpha value is -0.240. The van der Waals surface area contributed by atoms with Crippen LogP contribution in [0.3, 0.4) is 0 Å². The van der Waals surface area contributed by atoms with E-state index in [1.165, 1.54) is 0 Å². The molecule has 19 heavy (non-hydrogen) atoms. The quantitative estimate of drug-likeness (QED) is 0.382. The molecule has 0 aromatic heterocycles. The van der Waals surface area contributed by atoms with Gasteiger partial charge in [-0.25, -0.2) is 0 Å². The van der Waals surface area contributed by atoms with E-state index in [4.69, 9.17) is 30.9 Å². The van der Waals surface area contributed by atoms with Crippen LogP contribution in [-0.2, 0) is 14.2 Å². The van der Waals surface area contributed by atoms with Crippen molar-refractivity contribution in [2.75, 3.05) is 59.5 Å². The Kier molecular flexibility index (Phi) is 11.3. The van der Waals surface area contributed by atoms with Gasteiger partial charge in [0.1, 0.15) is 0 Å². The third kappa shape index (κ3) is 11.3.